The number of aromatic nitrogens is 2. The van der Waals surface area contributed by atoms with Gasteiger partial charge in [-0.2, -0.15) is 13.8 Å². The maximum Gasteiger partial charge on any atom is 0.400 e. The first-order valence-corrected chi connectivity index (χ1v) is 9.51. The van der Waals surface area contributed by atoms with E-state index in [4.69, 9.17) is 11.6 Å². The molecule has 0 aliphatic heterocycles. The van der Waals surface area contributed by atoms with Crippen LogP contribution in [-0.4, -0.2) is 10.1 Å². The van der Waals surface area contributed by atoms with Gasteiger partial charge in [0, 0.05) is 17.8 Å². The molecule has 0 bridgehead atoms. The molecule has 0 aliphatic rings. The molecule has 1 heterocycles. The SMILES string of the molecule is Cc1ccc(CNc2c(Nc3ccc(-c4noc(C(F)(F)Cl)n4)cc3)c(=O)c2=O)cc1. The Labute approximate surface area is 179 Å². The van der Waals surface area contributed by atoms with Crippen LogP contribution in [0.1, 0.15) is 17.0 Å². The lowest BCUT2D eigenvalue weighted by molar-refractivity contribution is 0.0551. The quantitative estimate of drug-likeness (QED) is 0.324. The van der Waals surface area contributed by atoms with Crippen LogP contribution in [0.25, 0.3) is 11.4 Å². The molecule has 0 radical (unpaired) electrons. The Kier molecular flexibility index (Phi) is 5.28. The lowest BCUT2D eigenvalue weighted by atomic mass is 10.1. The number of aryl methyl sites for hydroxylation is 1. The van der Waals surface area contributed by atoms with Crippen molar-refractivity contribution in [3.05, 3.63) is 86.0 Å². The predicted octanol–water partition coefficient (Wildman–Crippen LogP) is 4.28. The summed E-state index contributed by atoms with van der Waals surface area (Å²) in [5.74, 6) is -1.06. The average molecular weight is 445 g/mol. The average Bonchev–Trinajstić information content (AvgIpc) is 3.25. The van der Waals surface area contributed by atoms with E-state index in [9.17, 15) is 18.4 Å². The highest BCUT2D eigenvalue weighted by atomic mass is 35.5. The van der Waals surface area contributed by atoms with Gasteiger partial charge in [0.15, 0.2) is 0 Å². The van der Waals surface area contributed by atoms with Gasteiger partial charge in [-0.15, -0.1) is 0 Å². The number of hydrogen-bond donors (Lipinski definition) is 2. The van der Waals surface area contributed by atoms with Crippen LogP contribution in [0, 0.1) is 6.92 Å². The summed E-state index contributed by atoms with van der Waals surface area (Å²) in [6.07, 6.45) is 0. The summed E-state index contributed by atoms with van der Waals surface area (Å²) in [6, 6.07) is 14.1. The summed E-state index contributed by atoms with van der Waals surface area (Å²) in [5.41, 5.74) is 2.17. The third-order valence-corrected chi connectivity index (χ3v) is 4.74. The van der Waals surface area contributed by atoms with Crippen LogP contribution < -0.4 is 21.5 Å². The molecule has 0 saturated heterocycles. The topological polar surface area (TPSA) is 97.1 Å². The molecule has 2 N–H and O–H groups in total. The van der Waals surface area contributed by atoms with Gasteiger partial charge in [0.1, 0.15) is 11.4 Å². The van der Waals surface area contributed by atoms with Crippen molar-refractivity contribution in [1.29, 1.82) is 0 Å². The van der Waals surface area contributed by atoms with E-state index in [1.54, 1.807) is 24.3 Å². The molecule has 10 heteroatoms. The van der Waals surface area contributed by atoms with Crippen LogP contribution in [-0.2, 0) is 11.9 Å². The van der Waals surface area contributed by atoms with Crippen molar-refractivity contribution in [1.82, 2.24) is 10.1 Å². The first kappa shape index (κ1) is 20.7. The third-order valence-electron chi connectivity index (χ3n) is 4.58. The van der Waals surface area contributed by atoms with E-state index >= 15 is 0 Å². The highest BCUT2D eigenvalue weighted by molar-refractivity contribution is 6.21. The van der Waals surface area contributed by atoms with Crippen LogP contribution in [0.15, 0.2) is 62.6 Å². The fourth-order valence-corrected chi connectivity index (χ4v) is 2.96. The minimum Gasteiger partial charge on any atom is -0.376 e. The zero-order chi connectivity index (χ0) is 22.2. The summed E-state index contributed by atoms with van der Waals surface area (Å²) in [5, 5.41) is 5.62. The van der Waals surface area contributed by atoms with Crippen molar-refractivity contribution >= 4 is 28.7 Å². The van der Waals surface area contributed by atoms with Gasteiger partial charge in [-0.25, -0.2) is 0 Å². The van der Waals surface area contributed by atoms with E-state index in [2.05, 4.69) is 25.3 Å². The van der Waals surface area contributed by atoms with Crippen molar-refractivity contribution in [2.45, 2.75) is 18.9 Å². The third kappa shape index (κ3) is 4.31. The standard InChI is InChI=1S/C21H15ClF2N4O3/c1-11-2-4-12(5-3-11)10-25-15-16(18(30)17(15)29)26-14-8-6-13(7-9-14)19-27-20(31-28-19)21(22,23)24/h2-9,25-26H,10H2,1H3. The van der Waals surface area contributed by atoms with Gasteiger partial charge in [0.05, 0.1) is 0 Å². The van der Waals surface area contributed by atoms with E-state index in [1.165, 1.54) is 0 Å². The second kappa shape index (κ2) is 7.92. The van der Waals surface area contributed by atoms with Gasteiger partial charge in [0.2, 0.25) is 5.82 Å². The fourth-order valence-electron chi connectivity index (χ4n) is 2.88. The highest BCUT2D eigenvalue weighted by Crippen LogP contribution is 2.32. The number of nitrogens with one attached hydrogen (secondary N) is 2. The number of benzene rings is 2. The Morgan fingerprint density at radius 1 is 1.00 bits per heavy atom. The highest BCUT2D eigenvalue weighted by Gasteiger charge is 2.35. The molecule has 0 atom stereocenters. The molecule has 4 rings (SSSR count). The van der Waals surface area contributed by atoms with E-state index in [-0.39, 0.29) is 17.2 Å². The first-order chi connectivity index (χ1) is 14.7. The Hall–Kier alpha value is -3.59. The number of anilines is 3. The summed E-state index contributed by atoms with van der Waals surface area (Å²) in [7, 11) is 0. The van der Waals surface area contributed by atoms with Crippen molar-refractivity contribution in [2.24, 2.45) is 0 Å². The molecule has 158 valence electrons. The zero-order valence-corrected chi connectivity index (χ0v) is 16.8. The molecule has 1 aromatic heterocycles. The Balaban J connectivity index is 1.47. The Morgan fingerprint density at radius 2 is 1.65 bits per heavy atom. The summed E-state index contributed by atoms with van der Waals surface area (Å²) in [6.45, 7) is 2.37. The monoisotopic (exact) mass is 444 g/mol. The maximum atomic E-state index is 13.0. The molecule has 4 aromatic rings. The van der Waals surface area contributed by atoms with E-state index < -0.39 is 22.1 Å². The maximum absolute atomic E-state index is 13.0. The zero-order valence-electron chi connectivity index (χ0n) is 16.1. The van der Waals surface area contributed by atoms with Gasteiger partial charge in [0.25, 0.3) is 10.9 Å². The van der Waals surface area contributed by atoms with Crippen molar-refractivity contribution in [3.63, 3.8) is 0 Å². The molecule has 0 spiro atoms. The number of rotatable bonds is 7. The number of hydrogen-bond acceptors (Lipinski definition) is 7. The van der Waals surface area contributed by atoms with Crippen LogP contribution in [0.5, 0.6) is 0 Å². The molecule has 31 heavy (non-hydrogen) atoms. The van der Waals surface area contributed by atoms with Crippen molar-refractivity contribution in [2.75, 3.05) is 10.6 Å². The molecular formula is C21H15ClF2N4O3. The molecule has 0 aliphatic carbocycles. The van der Waals surface area contributed by atoms with Gasteiger partial charge < -0.3 is 15.2 Å². The van der Waals surface area contributed by atoms with Crippen molar-refractivity contribution in [3.8, 4) is 11.4 Å². The first-order valence-electron chi connectivity index (χ1n) is 9.13. The minimum atomic E-state index is -3.75. The van der Waals surface area contributed by atoms with E-state index in [0.717, 1.165) is 11.1 Å². The summed E-state index contributed by atoms with van der Waals surface area (Å²) >= 11 is 4.86. The van der Waals surface area contributed by atoms with Crippen molar-refractivity contribution < 1.29 is 13.3 Å². The van der Waals surface area contributed by atoms with Gasteiger partial charge in [-0.1, -0.05) is 35.0 Å². The van der Waals surface area contributed by atoms with Crippen LogP contribution in [0.2, 0.25) is 0 Å². The normalized spacial score (nSPS) is 11.6. The number of halogens is 3. The van der Waals surface area contributed by atoms with E-state index in [1.807, 2.05) is 31.2 Å². The molecule has 0 saturated carbocycles. The largest absolute Gasteiger partial charge is 0.400 e. The smallest absolute Gasteiger partial charge is 0.376 e. The predicted molar refractivity (Wildman–Crippen MR) is 113 cm³/mol. The molecule has 7 nitrogen and oxygen atoms in total. The van der Waals surface area contributed by atoms with Crippen LogP contribution in [0.4, 0.5) is 25.8 Å². The Bertz CT molecular complexity index is 1290. The second-order valence-corrected chi connectivity index (χ2v) is 7.35. The number of alkyl halides is 3. The van der Waals surface area contributed by atoms with E-state index in [0.29, 0.717) is 17.8 Å². The molecule has 0 fully saturated rings. The molecule has 3 aromatic carbocycles. The van der Waals surface area contributed by atoms with Gasteiger partial charge in [-0.3, -0.25) is 9.59 Å². The Morgan fingerprint density at radius 3 is 2.26 bits per heavy atom. The molecule has 0 unspecified atom stereocenters. The molecular weight excluding hydrogens is 430 g/mol. The van der Waals surface area contributed by atoms with Crippen LogP contribution in [0.3, 0.4) is 0 Å². The minimum absolute atomic E-state index is 0.0588. The lowest BCUT2D eigenvalue weighted by Crippen LogP contribution is -2.36. The van der Waals surface area contributed by atoms with Gasteiger partial charge >= 0.3 is 11.3 Å². The molecule has 0 amide bonds. The summed E-state index contributed by atoms with van der Waals surface area (Å²) < 4.78 is 30.5. The second-order valence-electron chi connectivity index (χ2n) is 6.87. The van der Waals surface area contributed by atoms with Gasteiger partial charge in [-0.05, 0) is 48.4 Å². The lowest BCUT2D eigenvalue weighted by Gasteiger charge is -2.15. The number of nitrogens with zero attached hydrogens (tertiary/aromatic N) is 2. The fraction of sp³-hybridized carbons (Fsp3) is 0.143. The van der Waals surface area contributed by atoms with Crippen LogP contribution >= 0.6 is 11.6 Å². The summed E-state index contributed by atoms with van der Waals surface area (Å²) in [4.78, 5) is 27.5.